The van der Waals surface area contributed by atoms with E-state index in [0.717, 1.165) is 16.9 Å². The fourth-order valence-corrected chi connectivity index (χ4v) is 2.16. The molecule has 0 fully saturated rings. The molecular formula is C16H16N2O3. The Kier molecular flexibility index (Phi) is 3.75. The van der Waals surface area contributed by atoms with Gasteiger partial charge in [0.1, 0.15) is 6.04 Å². The van der Waals surface area contributed by atoms with Gasteiger partial charge in [-0.1, -0.05) is 36.4 Å². The molecule has 1 aliphatic rings. The van der Waals surface area contributed by atoms with Gasteiger partial charge < -0.3 is 20.5 Å². The summed E-state index contributed by atoms with van der Waals surface area (Å²) < 4.78 is 10.5. The van der Waals surface area contributed by atoms with Crippen molar-refractivity contribution in [3.05, 3.63) is 59.7 Å². The van der Waals surface area contributed by atoms with Crippen LogP contribution in [0.2, 0.25) is 0 Å². The lowest BCUT2D eigenvalue weighted by atomic mass is 10.1. The Morgan fingerprint density at radius 3 is 2.71 bits per heavy atom. The van der Waals surface area contributed by atoms with E-state index in [4.69, 9.17) is 15.2 Å². The first-order valence-corrected chi connectivity index (χ1v) is 6.71. The van der Waals surface area contributed by atoms with Crippen molar-refractivity contribution in [3.8, 4) is 11.5 Å². The minimum absolute atomic E-state index is 0.209. The third-order valence-corrected chi connectivity index (χ3v) is 3.34. The first-order chi connectivity index (χ1) is 10.2. The van der Waals surface area contributed by atoms with E-state index in [-0.39, 0.29) is 12.7 Å². The lowest BCUT2D eigenvalue weighted by Gasteiger charge is -2.12. The van der Waals surface area contributed by atoms with E-state index in [1.54, 1.807) is 0 Å². The summed E-state index contributed by atoms with van der Waals surface area (Å²) in [5.74, 6) is 1.22. The van der Waals surface area contributed by atoms with Crippen molar-refractivity contribution in [1.29, 1.82) is 0 Å². The van der Waals surface area contributed by atoms with Gasteiger partial charge in [0.25, 0.3) is 0 Å². The molecule has 2 aromatic carbocycles. The van der Waals surface area contributed by atoms with Crippen molar-refractivity contribution in [2.75, 3.05) is 6.79 Å². The van der Waals surface area contributed by atoms with Crippen LogP contribution >= 0.6 is 0 Å². The van der Waals surface area contributed by atoms with Crippen LogP contribution in [-0.2, 0) is 11.3 Å². The van der Waals surface area contributed by atoms with Crippen LogP contribution in [-0.4, -0.2) is 12.7 Å². The molecule has 0 spiro atoms. The molecule has 0 saturated heterocycles. The van der Waals surface area contributed by atoms with Gasteiger partial charge in [0.2, 0.25) is 12.7 Å². The van der Waals surface area contributed by atoms with E-state index >= 15 is 0 Å². The Labute approximate surface area is 122 Å². The molecule has 1 heterocycles. The average Bonchev–Trinajstić information content (AvgIpc) is 3.00. The van der Waals surface area contributed by atoms with Crippen LogP contribution in [0.3, 0.4) is 0 Å². The van der Waals surface area contributed by atoms with Crippen LogP contribution in [0, 0.1) is 0 Å². The molecule has 0 unspecified atom stereocenters. The highest BCUT2D eigenvalue weighted by Crippen LogP contribution is 2.32. The van der Waals surface area contributed by atoms with Crippen LogP contribution in [0.4, 0.5) is 0 Å². The number of nitrogens with two attached hydrogens (primary N) is 1. The molecule has 5 heteroatoms. The first-order valence-electron chi connectivity index (χ1n) is 6.71. The van der Waals surface area contributed by atoms with E-state index < -0.39 is 6.04 Å². The van der Waals surface area contributed by atoms with Gasteiger partial charge in [-0.3, -0.25) is 4.79 Å². The molecule has 1 aliphatic heterocycles. The second kappa shape index (κ2) is 5.85. The molecule has 1 amide bonds. The van der Waals surface area contributed by atoms with E-state index in [9.17, 15) is 4.79 Å². The van der Waals surface area contributed by atoms with Gasteiger partial charge in [-0.25, -0.2) is 0 Å². The van der Waals surface area contributed by atoms with Crippen molar-refractivity contribution in [1.82, 2.24) is 5.32 Å². The molecule has 1 atom stereocenters. The molecule has 0 saturated carbocycles. The number of carbonyl (C=O) groups excluding carboxylic acids is 1. The Bertz CT molecular complexity index is 643. The maximum atomic E-state index is 12.1. The summed E-state index contributed by atoms with van der Waals surface area (Å²) in [4.78, 5) is 12.1. The second-order valence-corrected chi connectivity index (χ2v) is 4.79. The van der Waals surface area contributed by atoms with Crippen LogP contribution in [0.5, 0.6) is 11.5 Å². The summed E-state index contributed by atoms with van der Waals surface area (Å²) in [6, 6.07) is 14.2. The molecule has 0 aliphatic carbocycles. The molecule has 3 rings (SSSR count). The summed E-state index contributed by atoms with van der Waals surface area (Å²) in [7, 11) is 0. The standard InChI is InChI=1S/C16H16N2O3/c17-15(12-4-2-1-3-5-12)16(19)18-9-11-6-7-13-14(8-11)21-10-20-13/h1-8,15H,9-10,17H2,(H,18,19)/t15-/m0/s1. The summed E-state index contributed by atoms with van der Waals surface area (Å²) in [5, 5.41) is 2.83. The highest BCUT2D eigenvalue weighted by molar-refractivity contribution is 5.82. The highest BCUT2D eigenvalue weighted by atomic mass is 16.7. The largest absolute Gasteiger partial charge is 0.454 e. The van der Waals surface area contributed by atoms with E-state index in [1.807, 2.05) is 48.5 Å². The highest BCUT2D eigenvalue weighted by Gasteiger charge is 2.16. The summed E-state index contributed by atoms with van der Waals surface area (Å²) in [6.07, 6.45) is 0. The van der Waals surface area contributed by atoms with Crippen molar-refractivity contribution in [3.63, 3.8) is 0 Å². The Morgan fingerprint density at radius 2 is 1.90 bits per heavy atom. The Morgan fingerprint density at radius 1 is 1.14 bits per heavy atom. The van der Waals surface area contributed by atoms with Gasteiger partial charge >= 0.3 is 0 Å². The number of nitrogens with one attached hydrogen (secondary N) is 1. The number of hydrogen-bond acceptors (Lipinski definition) is 4. The minimum atomic E-state index is -0.666. The first kappa shape index (κ1) is 13.5. The van der Waals surface area contributed by atoms with Crippen LogP contribution in [0.1, 0.15) is 17.2 Å². The van der Waals surface area contributed by atoms with Gasteiger partial charge in [0, 0.05) is 6.54 Å². The third-order valence-electron chi connectivity index (χ3n) is 3.34. The molecule has 0 bridgehead atoms. The van der Waals surface area contributed by atoms with Gasteiger partial charge in [0.05, 0.1) is 0 Å². The number of benzene rings is 2. The van der Waals surface area contributed by atoms with E-state index in [2.05, 4.69) is 5.32 Å². The number of amides is 1. The number of hydrogen-bond donors (Lipinski definition) is 2. The maximum absolute atomic E-state index is 12.1. The average molecular weight is 284 g/mol. The molecule has 108 valence electrons. The molecule has 2 aromatic rings. The van der Waals surface area contributed by atoms with Gasteiger partial charge in [-0.2, -0.15) is 0 Å². The number of carbonyl (C=O) groups is 1. The Hall–Kier alpha value is -2.53. The number of ether oxygens (including phenoxy) is 2. The smallest absolute Gasteiger partial charge is 0.241 e. The predicted octanol–water partition coefficient (Wildman–Crippen LogP) is 1.73. The summed E-state index contributed by atoms with van der Waals surface area (Å²) in [5.41, 5.74) is 7.67. The molecule has 3 N–H and O–H groups in total. The maximum Gasteiger partial charge on any atom is 0.241 e. The molecular weight excluding hydrogens is 268 g/mol. The predicted molar refractivity (Wildman–Crippen MR) is 77.8 cm³/mol. The molecule has 0 aromatic heterocycles. The van der Waals surface area contributed by atoms with Crippen LogP contribution in [0.15, 0.2) is 48.5 Å². The lowest BCUT2D eigenvalue weighted by Crippen LogP contribution is -2.33. The fourth-order valence-electron chi connectivity index (χ4n) is 2.16. The molecule has 5 nitrogen and oxygen atoms in total. The Balaban J connectivity index is 1.61. The monoisotopic (exact) mass is 284 g/mol. The number of fused-ring (bicyclic) bond motifs is 1. The zero-order valence-electron chi connectivity index (χ0n) is 11.4. The van der Waals surface area contributed by atoms with Crippen molar-refractivity contribution < 1.29 is 14.3 Å². The topological polar surface area (TPSA) is 73.6 Å². The summed E-state index contributed by atoms with van der Waals surface area (Å²) >= 11 is 0. The molecule has 21 heavy (non-hydrogen) atoms. The van der Waals surface area contributed by atoms with Gasteiger partial charge in [0.15, 0.2) is 11.5 Å². The molecule has 0 radical (unpaired) electrons. The zero-order chi connectivity index (χ0) is 14.7. The second-order valence-electron chi connectivity index (χ2n) is 4.79. The number of rotatable bonds is 4. The quantitative estimate of drug-likeness (QED) is 0.896. The normalized spacial score (nSPS) is 13.8. The van der Waals surface area contributed by atoms with Gasteiger partial charge in [-0.15, -0.1) is 0 Å². The van der Waals surface area contributed by atoms with Gasteiger partial charge in [-0.05, 0) is 23.3 Å². The van der Waals surface area contributed by atoms with Crippen LogP contribution < -0.4 is 20.5 Å². The minimum Gasteiger partial charge on any atom is -0.454 e. The fraction of sp³-hybridized carbons (Fsp3) is 0.188. The third kappa shape index (κ3) is 2.98. The SMILES string of the molecule is N[C@H](C(=O)NCc1ccc2c(c1)OCO2)c1ccccc1. The van der Waals surface area contributed by atoms with Crippen molar-refractivity contribution >= 4 is 5.91 Å². The van der Waals surface area contributed by atoms with E-state index in [0.29, 0.717) is 12.3 Å². The lowest BCUT2D eigenvalue weighted by molar-refractivity contribution is -0.122. The van der Waals surface area contributed by atoms with E-state index in [1.165, 1.54) is 0 Å². The van der Waals surface area contributed by atoms with Crippen molar-refractivity contribution in [2.45, 2.75) is 12.6 Å². The van der Waals surface area contributed by atoms with Crippen LogP contribution in [0.25, 0.3) is 0 Å². The van der Waals surface area contributed by atoms with Crippen molar-refractivity contribution in [2.24, 2.45) is 5.73 Å². The zero-order valence-corrected chi connectivity index (χ0v) is 11.4. The summed E-state index contributed by atoms with van der Waals surface area (Å²) in [6.45, 7) is 0.639.